The Bertz CT molecular complexity index is 1220. The third kappa shape index (κ3) is 11.4. The number of rotatable bonds is 15. The number of nitrogens with one attached hydrogen (secondary N) is 3. The van der Waals surface area contributed by atoms with Gasteiger partial charge in [0.05, 0.1) is 6.04 Å². The molecule has 0 saturated carbocycles. The van der Waals surface area contributed by atoms with E-state index >= 15 is 0 Å². The zero-order valence-corrected chi connectivity index (χ0v) is 22.6. The van der Waals surface area contributed by atoms with Gasteiger partial charge in [-0.1, -0.05) is 24.3 Å². The Kier molecular flexibility index (Phi) is 12.4. The Morgan fingerprint density at radius 3 is 1.78 bits per heavy atom. The molecule has 2 aromatic carbocycles. The number of hydrogen-bond donors (Lipinski definition) is 9. The van der Waals surface area contributed by atoms with Crippen LogP contribution in [0.5, 0.6) is 11.5 Å². The maximum atomic E-state index is 13.4. The summed E-state index contributed by atoms with van der Waals surface area (Å²) < 4.78 is 0. The summed E-state index contributed by atoms with van der Waals surface area (Å²) in [5.74, 6) is -3.42. The smallest absolute Gasteiger partial charge is 0.325 e. The van der Waals surface area contributed by atoms with Crippen molar-refractivity contribution in [3.63, 3.8) is 0 Å². The van der Waals surface area contributed by atoms with Crippen LogP contribution in [0.3, 0.4) is 0 Å². The van der Waals surface area contributed by atoms with Gasteiger partial charge in [-0.05, 0) is 61.6 Å². The number of carboxylic acid groups (broad SMARTS) is 1. The van der Waals surface area contributed by atoms with Gasteiger partial charge in [0, 0.05) is 13.0 Å². The van der Waals surface area contributed by atoms with Crippen LogP contribution in [0.15, 0.2) is 53.5 Å². The van der Waals surface area contributed by atoms with Crippen LogP contribution in [0.4, 0.5) is 0 Å². The number of phenolic OH excluding ortho intramolecular Hbond substituents is 2. The molecule has 0 radical (unpaired) electrons. The molecule has 0 aliphatic rings. The van der Waals surface area contributed by atoms with Crippen LogP contribution in [-0.2, 0) is 32.0 Å². The van der Waals surface area contributed by atoms with Gasteiger partial charge in [-0.25, -0.2) is 0 Å². The van der Waals surface area contributed by atoms with E-state index in [1.54, 1.807) is 24.3 Å². The fourth-order valence-electron chi connectivity index (χ4n) is 3.75. The maximum Gasteiger partial charge on any atom is 0.325 e. The molecule has 0 aliphatic heterocycles. The van der Waals surface area contributed by atoms with E-state index in [1.807, 2.05) is 0 Å². The highest BCUT2D eigenvalue weighted by Crippen LogP contribution is 2.13. The summed E-state index contributed by atoms with van der Waals surface area (Å²) in [4.78, 5) is 54.4. The number of nitrogens with zero attached hydrogens (tertiary/aromatic N) is 1. The average Bonchev–Trinajstić information content (AvgIpc) is 2.91. The highest BCUT2D eigenvalue weighted by Gasteiger charge is 2.29. The summed E-state index contributed by atoms with van der Waals surface area (Å²) in [6.07, 6.45) is 0.500. The number of amides is 3. The van der Waals surface area contributed by atoms with Crippen molar-refractivity contribution in [2.45, 2.75) is 56.8 Å². The lowest BCUT2D eigenvalue weighted by atomic mass is 10.0. The van der Waals surface area contributed by atoms with Crippen molar-refractivity contribution < 1.29 is 34.5 Å². The molecule has 12 N–H and O–H groups in total. The fourth-order valence-corrected chi connectivity index (χ4v) is 3.75. The van der Waals surface area contributed by atoms with E-state index in [4.69, 9.17) is 17.2 Å². The first-order valence-electron chi connectivity index (χ1n) is 12.9. The molecule has 41 heavy (non-hydrogen) atoms. The van der Waals surface area contributed by atoms with Crippen LogP contribution in [0.2, 0.25) is 0 Å². The molecule has 4 atom stereocenters. The first-order chi connectivity index (χ1) is 19.3. The molecule has 0 saturated heterocycles. The number of aliphatic carboxylic acids is 1. The van der Waals surface area contributed by atoms with Crippen molar-refractivity contribution in [2.75, 3.05) is 6.54 Å². The normalized spacial score (nSPS) is 13.6. The standard InChI is InChI=1S/C27H37N7O7/c1-15(26(40)41)32-25(39)22(14-17-6-10-19(36)11-7-17)34-24(38)21(3-2-12-31-27(29)30)33-23(37)20(28)13-16-4-8-18(35)9-5-16/h4-11,15,20-22,35-36H,2-3,12-14,28H2,1H3,(H,32,39)(H,33,37)(H,34,38)(H,40,41)(H4,29,30,31). The van der Waals surface area contributed by atoms with E-state index in [-0.39, 0.29) is 43.3 Å². The lowest BCUT2D eigenvalue weighted by molar-refractivity contribution is -0.141. The van der Waals surface area contributed by atoms with E-state index in [0.717, 1.165) is 0 Å². The number of guanidine groups is 1. The van der Waals surface area contributed by atoms with E-state index in [0.29, 0.717) is 17.5 Å². The van der Waals surface area contributed by atoms with Crippen LogP contribution in [0.1, 0.15) is 30.9 Å². The molecule has 14 heteroatoms. The van der Waals surface area contributed by atoms with Crippen LogP contribution in [0, 0.1) is 0 Å². The van der Waals surface area contributed by atoms with Crippen molar-refractivity contribution in [3.8, 4) is 11.5 Å². The van der Waals surface area contributed by atoms with Gasteiger partial charge in [0.1, 0.15) is 29.6 Å². The van der Waals surface area contributed by atoms with E-state index in [9.17, 15) is 34.5 Å². The maximum absolute atomic E-state index is 13.4. The molecular weight excluding hydrogens is 534 g/mol. The molecule has 3 amide bonds. The molecule has 0 spiro atoms. The predicted molar refractivity (Wildman–Crippen MR) is 151 cm³/mol. The minimum absolute atomic E-state index is 0.00507. The number of carbonyl (C=O) groups excluding carboxylic acids is 3. The van der Waals surface area contributed by atoms with Gasteiger partial charge >= 0.3 is 5.97 Å². The summed E-state index contributed by atoms with van der Waals surface area (Å²) in [5.41, 5.74) is 18.1. The van der Waals surface area contributed by atoms with Crippen molar-refractivity contribution in [1.29, 1.82) is 0 Å². The third-order valence-corrected chi connectivity index (χ3v) is 6.05. The monoisotopic (exact) mass is 571 g/mol. The molecule has 2 rings (SSSR count). The Morgan fingerprint density at radius 2 is 1.27 bits per heavy atom. The number of carbonyl (C=O) groups is 4. The molecule has 222 valence electrons. The van der Waals surface area contributed by atoms with Gasteiger partial charge in [-0.3, -0.25) is 24.2 Å². The van der Waals surface area contributed by atoms with Gasteiger partial charge in [0.25, 0.3) is 0 Å². The average molecular weight is 572 g/mol. The van der Waals surface area contributed by atoms with Crippen LogP contribution in [0.25, 0.3) is 0 Å². The van der Waals surface area contributed by atoms with Gasteiger partial charge in [0.2, 0.25) is 17.7 Å². The second kappa shape index (κ2) is 15.7. The zero-order chi connectivity index (χ0) is 30.5. The number of hydrogen-bond acceptors (Lipinski definition) is 8. The number of benzene rings is 2. The first-order valence-corrected chi connectivity index (χ1v) is 12.9. The van der Waals surface area contributed by atoms with Crippen molar-refractivity contribution in [1.82, 2.24) is 16.0 Å². The molecular formula is C27H37N7O7. The van der Waals surface area contributed by atoms with E-state index in [1.165, 1.54) is 31.2 Å². The summed E-state index contributed by atoms with van der Waals surface area (Å²) in [7, 11) is 0. The molecule has 0 aromatic heterocycles. The molecule has 0 fully saturated rings. The van der Waals surface area contributed by atoms with Crippen LogP contribution in [-0.4, -0.2) is 75.7 Å². The van der Waals surface area contributed by atoms with Gasteiger partial charge in [-0.15, -0.1) is 0 Å². The van der Waals surface area contributed by atoms with Crippen LogP contribution < -0.4 is 33.2 Å². The van der Waals surface area contributed by atoms with Crippen LogP contribution >= 0.6 is 0 Å². The molecule has 14 nitrogen and oxygen atoms in total. The van der Waals surface area contributed by atoms with E-state index < -0.39 is 47.9 Å². The molecule has 2 aromatic rings. The summed E-state index contributed by atoms with van der Waals surface area (Å²) in [5, 5.41) is 35.8. The lowest BCUT2D eigenvalue weighted by Gasteiger charge is -2.25. The van der Waals surface area contributed by atoms with Gasteiger partial charge < -0.3 is 48.5 Å². The van der Waals surface area contributed by atoms with Gasteiger partial charge in [0.15, 0.2) is 5.96 Å². The number of aromatic hydroxyl groups is 2. The van der Waals surface area contributed by atoms with Gasteiger partial charge in [-0.2, -0.15) is 0 Å². The van der Waals surface area contributed by atoms with Crippen molar-refractivity contribution in [3.05, 3.63) is 59.7 Å². The Labute approximate surface area is 237 Å². The Hall–Kier alpha value is -4.85. The molecule has 0 bridgehead atoms. The minimum Gasteiger partial charge on any atom is -0.508 e. The number of phenols is 2. The predicted octanol–water partition coefficient (Wildman–Crippen LogP) is -1.18. The number of carboxylic acids is 1. The summed E-state index contributed by atoms with van der Waals surface area (Å²) in [6.45, 7) is 1.46. The SMILES string of the molecule is CC(NC(=O)C(Cc1ccc(O)cc1)NC(=O)C(CCCN=C(N)N)NC(=O)C(N)Cc1ccc(O)cc1)C(=O)O. The number of aliphatic imine (C=N–C) groups is 1. The topological polar surface area (TPSA) is 255 Å². The number of nitrogens with two attached hydrogens (primary N) is 3. The third-order valence-electron chi connectivity index (χ3n) is 6.05. The van der Waals surface area contributed by atoms with Crippen molar-refractivity contribution in [2.24, 2.45) is 22.2 Å². The van der Waals surface area contributed by atoms with E-state index in [2.05, 4.69) is 20.9 Å². The quantitative estimate of drug-likeness (QED) is 0.0702. The summed E-state index contributed by atoms with van der Waals surface area (Å²) in [6, 6.07) is 7.50. The first kappa shape index (κ1) is 32.4. The Morgan fingerprint density at radius 1 is 0.780 bits per heavy atom. The molecule has 0 heterocycles. The van der Waals surface area contributed by atoms with Crippen molar-refractivity contribution >= 4 is 29.7 Å². The zero-order valence-electron chi connectivity index (χ0n) is 22.6. The second-order valence-corrected chi connectivity index (χ2v) is 9.49. The lowest BCUT2D eigenvalue weighted by Crippen LogP contribution is -2.57. The Balaban J connectivity index is 2.21. The highest BCUT2D eigenvalue weighted by molar-refractivity contribution is 5.94. The largest absolute Gasteiger partial charge is 0.508 e. The molecule has 4 unspecified atom stereocenters. The highest BCUT2D eigenvalue weighted by atomic mass is 16.4. The summed E-state index contributed by atoms with van der Waals surface area (Å²) >= 11 is 0. The minimum atomic E-state index is -1.26. The fraction of sp³-hybridized carbons (Fsp3) is 0.370. The second-order valence-electron chi connectivity index (χ2n) is 9.49. The molecule has 0 aliphatic carbocycles.